The molecule has 0 fully saturated rings. The Labute approximate surface area is 161 Å². The highest BCUT2D eigenvalue weighted by Gasteiger charge is 2.21. The van der Waals surface area contributed by atoms with Crippen molar-refractivity contribution >= 4 is 21.2 Å². The van der Waals surface area contributed by atoms with Gasteiger partial charge in [-0.25, -0.2) is 22.8 Å². The van der Waals surface area contributed by atoms with Crippen molar-refractivity contribution in [2.24, 2.45) is 0 Å². The van der Waals surface area contributed by atoms with Crippen LogP contribution in [0.5, 0.6) is 0 Å². The lowest BCUT2D eigenvalue weighted by atomic mass is 10.1. The molecule has 1 aromatic carbocycles. The number of nitrogens with zero attached hydrogens (tertiary/aromatic N) is 3. The standard InChI is InChI=1S/C19H18FN3O2S2/c1-27(24,25)19-21-10-14-11-23(9-8-17(14)22-19)12-16-6-7-18(26-16)13-2-4-15(20)5-3-13/h2-7,10H,8-9,11-12H2,1H3. The zero-order chi connectivity index (χ0) is 19.0. The number of hydrogen-bond donors (Lipinski definition) is 0. The van der Waals surface area contributed by atoms with Gasteiger partial charge in [-0.15, -0.1) is 11.3 Å². The summed E-state index contributed by atoms with van der Waals surface area (Å²) in [6.07, 6.45) is 3.46. The van der Waals surface area contributed by atoms with Crippen LogP contribution in [-0.2, 0) is 29.3 Å². The van der Waals surface area contributed by atoms with Crippen LogP contribution < -0.4 is 0 Å². The quantitative estimate of drug-likeness (QED) is 0.626. The van der Waals surface area contributed by atoms with Gasteiger partial charge in [-0.1, -0.05) is 12.1 Å². The van der Waals surface area contributed by atoms with Crippen LogP contribution in [0.15, 0.2) is 47.8 Å². The van der Waals surface area contributed by atoms with Crippen LogP contribution in [0.1, 0.15) is 16.1 Å². The molecule has 1 aliphatic rings. The largest absolute Gasteiger partial charge is 0.293 e. The van der Waals surface area contributed by atoms with Crippen molar-refractivity contribution < 1.29 is 12.8 Å². The van der Waals surface area contributed by atoms with Crippen molar-refractivity contribution in [1.82, 2.24) is 14.9 Å². The maximum absolute atomic E-state index is 13.1. The number of hydrogen-bond acceptors (Lipinski definition) is 6. The summed E-state index contributed by atoms with van der Waals surface area (Å²) in [7, 11) is -3.38. The topological polar surface area (TPSA) is 63.2 Å². The fourth-order valence-corrected chi connectivity index (χ4v) is 4.70. The SMILES string of the molecule is CS(=O)(=O)c1ncc2c(n1)CCN(Cc1ccc(-c3ccc(F)cc3)s1)C2. The van der Waals surface area contributed by atoms with E-state index in [1.165, 1.54) is 17.0 Å². The lowest BCUT2D eigenvalue weighted by molar-refractivity contribution is 0.244. The first-order valence-corrected chi connectivity index (χ1v) is 11.2. The summed E-state index contributed by atoms with van der Waals surface area (Å²) in [4.78, 5) is 12.9. The van der Waals surface area contributed by atoms with Gasteiger partial charge >= 0.3 is 0 Å². The smallest absolute Gasteiger partial charge is 0.246 e. The van der Waals surface area contributed by atoms with Crippen molar-refractivity contribution in [3.63, 3.8) is 0 Å². The zero-order valence-electron chi connectivity index (χ0n) is 14.7. The van der Waals surface area contributed by atoms with E-state index >= 15 is 0 Å². The summed E-state index contributed by atoms with van der Waals surface area (Å²) in [6, 6.07) is 10.7. The number of thiophene rings is 1. The molecule has 2 aromatic heterocycles. The summed E-state index contributed by atoms with van der Waals surface area (Å²) in [5, 5.41) is -0.100. The Morgan fingerprint density at radius 3 is 2.70 bits per heavy atom. The number of benzene rings is 1. The molecule has 0 spiro atoms. The van der Waals surface area contributed by atoms with Crippen molar-refractivity contribution in [1.29, 1.82) is 0 Å². The van der Waals surface area contributed by atoms with Crippen LogP contribution in [0.2, 0.25) is 0 Å². The summed E-state index contributed by atoms with van der Waals surface area (Å²) in [5.41, 5.74) is 2.81. The molecule has 0 unspecified atom stereocenters. The third kappa shape index (κ3) is 4.07. The molecule has 0 saturated carbocycles. The van der Waals surface area contributed by atoms with Gasteiger partial charge in [0.15, 0.2) is 0 Å². The highest BCUT2D eigenvalue weighted by Crippen LogP contribution is 2.30. The molecule has 27 heavy (non-hydrogen) atoms. The average molecular weight is 404 g/mol. The normalized spacial score (nSPS) is 14.9. The molecule has 4 rings (SSSR count). The van der Waals surface area contributed by atoms with E-state index in [1.807, 2.05) is 0 Å². The molecule has 0 radical (unpaired) electrons. The molecular formula is C19H18FN3O2S2. The maximum Gasteiger partial charge on any atom is 0.246 e. The lowest BCUT2D eigenvalue weighted by Gasteiger charge is -2.27. The highest BCUT2D eigenvalue weighted by atomic mass is 32.2. The summed E-state index contributed by atoms with van der Waals surface area (Å²) >= 11 is 1.70. The van der Waals surface area contributed by atoms with Crippen molar-refractivity contribution in [2.75, 3.05) is 12.8 Å². The van der Waals surface area contributed by atoms with E-state index in [9.17, 15) is 12.8 Å². The Morgan fingerprint density at radius 1 is 1.19 bits per heavy atom. The Kier molecular flexibility index (Phi) is 4.79. The molecule has 0 aliphatic carbocycles. The van der Waals surface area contributed by atoms with Crippen LogP contribution in [0.3, 0.4) is 0 Å². The van der Waals surface area contributed by atoms with Gasteiger partial charge in [-0.3, -0.25) is 4.90 Å². The Bertz CT molecular complexity index is 1080. The lowest BCUT2D eigenvalue weighted by Crippen LogP contribution is -2.31. The molecule has 3 heterocycles. The predicted molar refractivity (Wildman–Crippen MR) is 103 cm³/mol. The van der Waals surface area contributed by atoms with Gasteiger partial charge in [0, 0.05) is 53.8 Å². The predicted octanol–water partition coefficient (Wildman–Crippen LogP) is 3.31. The molecular weight excluding hydrogens is 385 g/mol. The first-order valence-electron chi connectivity index (χ1n) is 8.50. The van der Waals surface area contributed by atoms with Gasteiger partial charge in [0.25, 0.3) is 0 Å². The molecule has 3 aromatic rings. The van der Waals surface area contributed by atoms with E-state index in [0.29, 0.717) is 13.0 Å². The second-order valence-electron chi connectivity index (χ2n) is 6.63. The van der Waals surface area contributed by atoms with Crippen molar-refractivity contribution in [3.05, 3.63) is 64.5 Å². The van der Waals surface area contributed by atoms with E-state index in [0.717, 1.165) is 41.0 Å². The number of aromatic nitrogens is 2. The number of fused-ring (bicyclic) bond motifs is 1. The van der Waals surface area contributed by atoms with E-state index in [4.69, 9.17) is 0 Å². The minimum Gasteiger partial charge on any atom is -0.293 e. The number of rotatable bonds is 4. The van der Waals surface area contributed by atoms with Gasteiger partial charge in [-0.05, 0) is 29.8 Å². The molecule has 8 heteroatoms. The van der Waals surface area contributed by atoms with Gasteiger partial charge in [-0.2, -0.15) is 0 Å². The number of halogens is 1. The molecule has 0 atom stereocenters. The van der Waals surface area contributed by atoms with E-state index < -0.39 is 9.84 Å². The Hall–Kier alpha value is -2.16. The average Bonchev–Trinajstić information content (AvgIpc) is 3.09. The third-order valence-electron chi connectivity index (χ3n) is 4.49. The first kappa shape index (κ1) is 18.2. The van der Waals surface area contributed by atoms with E-state index in [-0.39, 0.29) is 11.0 Å². The van der Waals surface area contributed by atoms with Crippen molar-refractivity contribution in [3.8, 4) is 10.4 Å². The molecule has 1 aliphatic heterocycles. The van der Waals surface area contributed by atoms with Crippen molar-refractivity contribution in [2.45, 2.75) is 24.7 Å². The zero-order valence-corrected chi connectivity index (χ0v) is 16.4. The second kappa shape index (κ2) is 7.10. The fourth-order valence-electron chi connectivity index (χ4n) is 3.12. The minimum absolute atomic E-state index is 0.100. The van der Waals surface area contributed by atoms with E-state index in [1.54, 1.807) is 29.7 Å². The van der Waals surface area contributed by atoms with Gasteiger partial charge < -0.3 is 0 Å². The van der Waals surface area contributed by atoms with Crippen LogP contribution in [0.4, 0.5) is 4.39 Å². The van der Waals surface area contributed by atoms with Gasteiger partial charge in [0.2, 0.25) is 15.0 Å². The molecule has 140 valence electrons. The fraction of sp³-hybridized carbons (Fsp3) is 0.263. The van der Waals surface area contributed by atoms with Crippen LogP contribution in [0, 0.1) is 5.82 Å². The Balaban J connectivity index is 1.47. The maximum atomic E-state index is 13.1. The summed E-state index contributed by atoms with van der Waals surface area (Å²) in [5.74, 6) is -0.233. The number of sulfone groups is 1. The second-order valence-corrected chi connectivity index (χ2v) is 9.71. The van der Waals surface area contributed by atoms with Crippen LogP contribution in [0.25, 0.3) is 10.4 Å². The highest BCUT2D eigenvalue weighted by molar-refractivity contribution is 7.90. The minimum atomic E-state index is -3.38. The summed E-state index contributed by atoms with van der Waals surface area (Å²) < 4.78 is 36.3. The van der Waals surface area contributed by atoms with E-state index in [2.05, 4.69) is 27.0 Å². The first-order chi connectivity index (χ1) is 12.9. The van der Waals surface area contributed by atoms with Crippen LogP contribution >= 0.6 is 11.3 Å². The molecule has 0 saturated heterocycles. The monoisotopic (exact) mass is 403 g/mol. The molecule has 0 N–H and O–H groups in total. The van der Waals surface area contributed by atoms with Crippen LogP contribution in [-0.4, -0.2) is 36.1 Å². The molecule has 0 amide bonds. The molecule has 5 nitrogen and oxygen atoms in total. The Morgan fingerprint density at radius 2 is 1.96 bits per heavy atom. The molecule has 0 bridgehead atoms. The third-order valence-corrected chi connectivity index (χ3v) is 6.47. The van der Waals surface area contributed by atoms with Gasteiger partial charge in [0.05, 0.1) is 5.69 Å². The van der Waals surface area contributed by atoms with Gasteiger partial charge in [0.1, 0.15) is 5.82 Å². The summed E-state index contributed by atoms with van der Waals surface area (Å²) in [6.45, 7) is 2.32.